The Balaban J connectivity index is 1.80. The summed E-state index contributed by atoms with van der Waals surface area (Å²) in [6, 6.07) is 27.7. The molecule has 0 heterocycles. The van der Waals surface area contributed by atoms with Crippen LogP contribution in [-0.4, -0.2) is 39.2 Å². The Bertz CT molecular complexity index is 1400. The molecule has 0 N–H and O–H groups in total. The fourth-order valence-corrected chi connectivity index (χ4v) is 3.94. The van der Waals surface area contributed by atoms with E-state index in [9.17, 15) is 14.4 Å². The lowest BCUT2D eigenvalue weighted by molar-refractivity contribution is 0.0592. The molecule has 4 aromatic rings. The van der Waals surface area contributed by atoms with Crippen molar-refractivity contribution in [3.05, 3.63) is 108 Å². The minimum Gasteiger partial charge on any atom is -0.465 e. The number of carbonyl (C=O) groups excluding carboxylic acids is 3. The molecule has 0 aliphatic carbocycles. The van der Waals surface area contributed by atoms with Crippen molar-refractivity contribution in [2.45, 2.75) is 0 Å². The van der Waals surface area contributed by atoms with Crippen molar-refractivity contribution >= 4 is 17.9 Å². The van der Waals surface area contributed by atoms with Gasteiger partial charge in [0.25, 0.3) is 0 Å². The summed E-state index contributed by atoms with van der Waals surface area (Å²) in [5, 5.41) is 0. The summed E-state index contributed by atoms with van der Waals surface area (Å²) in [6.45, 7) is 0. The van der Waals surface area contributed by atoms with E-state index in [0.717, 1.165) is 33.4 Å². The number of esters is 3. The third-order valence-electron chi connectivity index (χ3n) is 5.89. The number of carbonyl (C=O) groups is 3. The van der Waals surface area contributed by atoms with Crippen LogP contribution < -0.4 is 0 Å². The lowest BCUT2D eigenvalue weighted by Gasteiger charge is -2.14. The Hall–Kier alpha value is -4.71. The molecule has 0 spiro atoms. The highest BCUT2D eigenvalue weighted by atomic mass is 16.5. The van der Waals surface area contributed by atoms with Crippen LogP contribution in [0.3, 0.4) is 0 Å². The molecule has 0 amide bonds. The summed E-state index contributed by atoms with van der Waals surface area (Å²) in [4.78, 5) is 35.6. The number of benzene rings is 4. The number of hydrogen-bond acceptors (Lipinski definition) is 6. The second kappa shape index (κ2) is 10.7. The van der Waals surface area contributed by atoms with Gasteiger partial charge < -0.3 is 14.2 Å². The standard InChI is InChI=1S/C30H24O6/c1-34-28(31)22-10-4-19(5-11-22)25-16-17-26(20-6-12-23(13-7-20)29(32)35-2)27(18-25)21-8-14-24(15-9-21)30(33)36-3/h4-18H,1-3H3. The predicted molar refractivity (Wildman–Crippen MR) is 137 cm³/mol. The molecule has 0 saturated heterocycles. The van der Waals surface area contributed by atoms with Crippen LogP contribution in [-0.2, 0) is 14.2 Å². The van der Waals surface area contributed by atoms with Gasteiger partial charge in [-0.05, 0) is 75.8 Å². The quantitative estimate of drug-likeness (QED) is 0.247. The Morgan fingerprint density at radius 3 is 1.14 bits per heavy atom. The van der Waals surface area contributed by atoms with Crippen LogP contribution in [0.1, 0.15) is 31.1 Å². The van der Waals surface area contributed by atoms with Crippen LogP contribution in [0.5, 0.6) is 0 Å². The predicted octanol–water partition coefficient (Wildman–Crippen LogP) is 6.05. The molecule has 0 aliphatic heterocycles. The highest BCUT2D eigenvalue weighted by Gasteiger charge is 2.14. The van der Waals surface area contributed by atoms with Gasteiger partial charge in [0.1, 0.15) is 0 Å². The van der Waals surface area contributed by atoms with Crippen LogP contribution in [0.4, 0.5) is 0 Å². The molecule has 4 rings (SSSR count). The van der Waals surface area contributed by atoms with Crippen molar-refractivity contribution in [3.63, 3.8) is 0 Å². The van der Waals surface area contributed by atoms with E-state index >= 15 is 0 Å². The van der Waals surface area contributed by atoms with Gasteiger partial charge >= 0.3 is 17.9 Å². The van der Waals surface area contributed by atoms with Crippen molar-refractivity contribution < 1.29 is 28.6 Å². The van der Waals surface area contributed by atoms with E-state index in [0.29, 0.717) is 16.7 Å². The SMILES string of the molecule is COC(=O)c1ccc(-c2ccc(-c3ccc(C(=O)OC)cc3)c(-c3ccc(C(=O)OC)cc3)c2)cc1. The fourth-order valence-electron chi connectivity index (χ4n) is 3.94. The van der Waals surface area contributed by atoms with Crippen molar-refractivity contribution in [1.82, 2.24) is 0 Å². The molecule has 0 radical (unpaired) electrons. The maximum absolute atomic E-state index is 11.9. The largest absolute Gasteiger partial charge is 0.465 e. The number of ether oxygens (including phenoxy) is 3. The molecule has 6 nitrogen and oxygen atoms in total. The second-order valence-electron chi connectivity index (χ2n) is 7.97. The lowest BCUT2D eigenvalue weighted by atomic mass is 9.90. The molecule has 0 fully saturated rings. The normalized spacial score (nSPS) is 10.4. The van der Waals surface area contributed by atoms with E-state index in [1.165, 1.54) is 21.3 Å². The first kappa shape index (κ1) is 24.4. The van der Waals surface area contributed by atoms with Crippen LogP contribution in [0.2, 0.25) is 0 Å². The molecule has 0 bridgehead atoms. The van der Waals surface area contributed by atoms with E-state index in [-0.39, 0.29) is 0 Å². The van der Waals surface area contributed by atoms with E-state index in [1.54, 1.807) is 36.4 Å². The van der Waals surface area contributed by atoms with Crippen molar-refractivity contribution in [2.24, 2.45) is 0 Å². The van der Waals surface area contributed by atoms with E-state index < -0.39 is 17.9 Å². The van der Waals surface area contributed by atoms with Gasteiger partial charge in [-0.1, -0.05) is 48.5 Å². The van der Waals surface area contributed by atoms with Gasteiger partial charge in [-0.15, -0.1) is 0 Å². The summed E-state index contributed by atoms with van der Waals surface area (Å²) < 4.78 is 14.4. The number of hydrogen-bond donors (Lipinski definition) is 0. The minimum atomic E-state index is -0.403. The molecule has 4 aromatic carbocycles. The van der Waals surface area contributed by atoms with E-state index in [4.69, 9.17) is 14.2 Å². The Morgan fingerprint density at radius 2 is 0.750 bits per heavy atom. The van der Waals surface area contributed by atoms with Gasteiger partial charge in [0.15, 0.2) is 0 Å². The summed E-state index contributed by atoms with van der Waals surface area (Å²) in [7, 11) is 4.05. The number of methoxy groups -OCH3 is 3. The third-order valence-corrected chi connectivity index (χ3v) is 5.89. The van der Waals surface area contributed by atoms with Gasteiger partial charge in [0.05, 0.1) is 38.0 Å². The smallest absolute Gasteiger partial charge is 0.337 e. The average molecular weight is 481 g/mol. The summed E-state index contributed by atoms with van der Waals surface area (Å²) in [5.41, 5.74) is 6.99. The Morgan fingerprint density at radius 1 is 0.417 bits per heavy atom. The summed E-state index contributed by atoms with van der Waals surface area (Å²) in [6.07, 6.45) is 0. The van der Waals surface area contributed by atoms with E-state index in [1.807, 2.05) is 48.5 Å². The molecule has 0 saturated carbocycles. The zero-order chi connectivity index (χ0) is 25.7. The topological polar surface area (TPSA) is 78.9 Å². The summed E-state index contributed by atoms with van der Waals surface area (Å²) >= 11 is 0. The molecular formula is C30H24O6. The van der Waals surface area contributed by atoms with Crippen LogP contribution in [0.15, 0.2) is 91.0 Å². The van der Waals surface area contributed by atoms with Gasteiger partial charge in [0.2, 0.25) is 0 Å². The molecule has 6 heteroatoms. The third kappa shape index (κ3) is 5.03. The van der Waals surface area contributed by atoms with Gasteiger partial charge in [0, 0.05) is 0 Å². The molecule has 36 heavy (non-hydrogen) atoms. The van der Waals surface area contributed by atoms with Crippen LogP contribution in [0, 0.1) is 0 Å². The molecular weight excluding hydrogens is 456 g/mol. The minimum absolute atomic E-state index is 0.390. The zero-order valence-corrected chi connectivity index (χ0v) is 20.1. The van der Waals surface area contributed by atoms with Crippen molar-refractivity contribution in [3.8, 4) is 33.4 Å². The van der Waals surface area contributed by atoms with Crippen molar-refractivity contribution in [1.29, 1.82) is 0 Å². The monoisotopic (exact) mass is 480 g/mol. The fraction of sp³-hybridized carbons (Fsp3) is 0.100. The molecule has 180 valence electrons. The molecule has 0 aliphatic rings. The second-order valence-corrected chi connectivity index (χ2v) is 7.97. The zero-order valence-electron chi connectivity index (χ0n) is 20.1. The van der Waals surface area contributed by atoms with Gasteiger partial charge in [-0.3, -0.25) is 0 Å². The maximum Gasteiger partial charge on any atom is 0.337 e. The Kier molecular flexibility index (Phi) is 7.25. The maximum atomic E-state index is 11.9. The van der Waals surface area contributed by atoms with Crippen LogP contribution in [0.25, 0.3) is 33.4 Å². The first-order valence-corrected chi connectivity index (χ1v) is 11.2. The lowest BCUT2D eigenvalue weighted by Crippen LogP contribution is -2.01. The number of rotatable bonds is 6. The van der Waals surface area contributed by atoms with E-state index in [2.05, 4.69) is 6.07 Å². The van der Waals surface area contributed by atoms with Crippen molar-refractivity contribution in [2.75, 3.05) is 21.3 Å². The summed E-state index contributed by atoms with van der Waals surface area (Å²) in [5.74, 6) is -1.19. The van der Waals surface area contributed by atoms with Gasteiger partial charge in [-0.25, -0.2) is 14.4 Å². The highest BCUT2D eigenvalue weighted by molar-refractivity contribution is 5.94. The Labute approximate surface area is 209 Å². The molecule has 0 atom stereocenters. The van der Waals surface area contributed by atoms with Crippen LogP contribution >= 0.6 is 0 Å². The molecule has 0 unspecified atom stereocenters. The first-order chi connectivity index (χ1) is 17.4. The first-order valence-electron chi connectivity index (χ1n) is 11.2. The molecule has 0 aromatic heterocycles. The highest BCUT2D eigenvalue weighted by Crippen LogP contribution is 2.36. The van der Waals surface area contributed by atoms with Gasteiger partial charge in [-0.2, -0.15) is 0 Å². The average Bonchev–Trinajstić information content (AvgIpc) is 2.95.